The molecule has 1 aliphatic carbocycles. The standard InChI is InChI=1S/C18Cl2F26O2/c19-3-1(7(21,22)9(25,26)11(29,30)13(33,34)15(37,38)17(41,42)43)5(47)4(20)2(6(3)48)8(23,24)10(27,28)12(31,32)14(35,36)16(39,40)18(44,45)46. The molecule has 0 atom stereocenters. The van der Waals surface area contributed by atoms with Crippen LogP contribution in [0.25, 0.3) is 0 Å². The van der Waals surface area contributed by atoms with Crippen molar-refractivity contribution in [2.45, 2.75) is 71.6 Å². The Kier molecular flexibility index (Phi) is 10.0. The molecule has 0 aromatic rings. The molecule has 0 N–H and O–H groups in total. The molecule has 48 heavy (non-hydrogen) atoms. The molecular weight excluding hydrogens is 813 g/mol. The first-order valence-electron chi connectivity index (χ1n) is 10.2. The fourth-order valence-electron chi connectivity index (χ4n) is 3.06. The van der Waals surface area contributed by atoms with E-state index in [2.05, 4.69) is 23.2 Å². The van der Waals surface area contributed by atoms with Gasteiger partial charge in [-0.1, -0.05) is 23.2 Å². The van der Waals surface area contributed by atoms with Crippen LogP contribution in [0.3, 0.4) is 0 Å². The second kappa shape index (κ2) is 11.0. The lowest BCUT2D eigenvalue weighted by Gasteiger charge is -2.41. The van der Waals surface area contributed by atoms with Gasteiger partial charge in [-0.3, -0.25) is 9.59 Å². The minimum atomic E-state index is -8.82. The van der Waals surface area contributed by atoms with E-state index >= 15 is 0 Å². The summed E-state index contributed by atoms with van der Waals surface area (Å²) < 4.78 is 348. The molecule has 1 rings (SSSR count). The summed E-state index contributed by atoms with van der Waals surface area (Å²) in [6.07, 6.45) is -16.0. The smallest absolute Gasteiger partial charge is 0.288 e. The lowest BCUT2D eigenvalue weighted by molar-refractivity contribution is -0.437. The van der Waals surface area contributed by atoms with Gasteiger partial charge in [-0.15, -0.1) is 0 Å². The molecule has 0 amide bonds. The summed E-state index contributed by atoms with van der Waals surface area (Å²) in [4.78, 5) is 24.0. The number of carbonyl (C=O) groups excluding carboxylic acids is 2. The molecule has 0 saturated carbocycles. The second-order valence-electron chi connectivity index (χ2n) is 8.78. The van der Waals surface area contributed by atoms with Crippen molar-refractivity contribution in [3.05, 3.63) is 21.2 Å². The van der Waals surface area contributed by atoms with Gasteiger partial charge in [0.1, 0.15) is 10.1 Å². The van der Waals surface area contributed by atoms with E-state index in [4.69, 9.17) is 0 Å². The van der Waals surface area contributed by atoms with Crippen molar-refractivity contribution in [3.8, 4) is 0 Å². The van der Waals surface area contributed by atoms with Crippen molar-refractivity contribution in [2.75, 3.05) is 0 Å². The number of Topliss-reactive ketones (excluding diaryl/α,β-unsaturated/α-hetero) is 2. The van der Waals surface area contributed by atoms with Gasteiger partial charge in [0.15, 0.2) is 0 Å². The molecule has 0 spiro atoms. The number of hydrogen-bond donors (Lipinski definition) is 0. The van der Waals surface area contributed by atoms with Crippen LogP contribution in [0.1, 0.15) is 0 Å². The van der Waals surface area contributed by atoms with Gasteiger partial charge in [0, 0.05) is 0 Å². The summed E-state index contributed by atoms with van der Waals surface area (Å²) in [5.74, 6) is -93.4. The van der Waals surface area contributed by atoms with Gasteiger partial charge in [-0.05, 0) is 0 Å². The van der Waals surface area contributed by atoms with Gasteiger partial charge in [0.05, 0.1) is 11.1 Å². The van der Waals surface area contributed by atoms with Crippen LogP contribution in [0.5, 0.6) is 0 Å². The highest BCUT2D eigenvalue weighted by molar-refractivity contribution is 6.56. The molecule has 0 saturated heterocycles. The molecule has 30 heteroatoms. The first-order valence-corrected chi connectivity index (χ1v) is 11.0. The Morgan fingerprint density at radius 2 is 0.458 bits per heavy atom. The molecule has 0 aromatic carbocycles. The average molecular weight is 813 g/mol. The molecule has 0 radical (unpaired) electrons. The molecule has 0 fully saturated rings. The highest BCUT2D eigenvalue weighted by atomic mass is 35.5. The minimum Gasteiger partial charge on any atom is -0.288 e. The molecule has 280 valence electrons. The Hall–Kier alpha value is -2.42. The van der Waals surface area contributed by atoms with E-state index in [1.54, 1.807) is 0 Å². The number of ketones is 2. The third kappa shape index (κ3) is 5.17. The number of halogens is 28. The zero-order valence-corrected chi connectivity index (χ0v) is 21.9. The summed E-state index contributed by atoms with van der Waals surface area (Å²) >= 11 is 8.92. The number of rotatable bonds is 10. The topological polar surface area (TPSA) is 34.1 Å². The average Bonchev–Trinajstić information content (AvgIpc) is 2.85. The van der Waals surface area contributed by atoms with E-state index < -0.39 is 104 Å². The van der Waals surface area contributed by atoms with Crippen molar-refractivity contribution in [1.29, 1.82) is 0 Å². The van der Waals surface area contributed by atoms with Crippen LogP contribution < -0.4 is 0 Å². The first kappa shape index (κ1) is 43.6. The van der Waals surface area contributed by atoms with Gasteiger partial charge >= 0.3 is 71.6 Å². The fraction of sp³-hybridized carbons (Fsp3) is 0.667. The zero-order valence-electron chi connectivity index (χ0n) is 20.4. The fourth-order valence-corrected chi connectivity index (χ4v) is 3.66. The van der Waals surface area contributed by atoms with Gasteiger partial charge < -0.3 is 0 Å². The van der Waals surface area contributed by atoms with Crippen molar-refractivity contribution in [1.82, 2.24) is 0 Å². The van der Waals surface area contributed by atoms with Crippen LogP contribution in [0.15, 0.2) is 21.2 Å². The predicted molar refractivity (Wildman–Crippen MR) is 97.4 cm³/mol. The second-order valence-corrected chi connectivity index (χ2v) is 9.53. The van der Waals surface area contributed by atoms with Crippen molar-refractivity contribution in [3.63, 3.8) is 0 Å². The molecule has 2 nitrogen and oxygen atoms in total. The Labute approximate surface area is 252 Å². The van der Waals surface area contributed by atoms with Crippen LogP contribution in [-0.4, -0.2) is 83.1 Å². The maximum atomic E-state index is 14.5. The Morgan fingerprint density at radius 1 is 0.292 bits per heavy atom. The molecule has 0 heterocycles. The maximum absolute atomic E-state index is 14.5. The van der Waals surface area contributed by atoms with Crippen LogP contribution in [0, 0.1) is 0 Å². The Balaban J connectivity index is 4.03. The van der Waals surface area contributed by atoms with Crippen molar-refractivity contribution < 1.29 is 124 Å². The molecule has 0 aromatic heterocycles. The summed E-state index contributed by atoms with van der Waals surface area (Å²) in [5.41, 5.74) is -8.56. The molecule has 0 aliphatic heterocycles. The third-order valence-electron chi connectivity index (χ3n) is 5.79. The van der Waals surface area contributed by atoms with Crippen LogP contribution in [0.4, 0.5) is 114 Å². The van der Waals surface area contributed by atoms with E-state index in [1.807, 2.05) is 0 Å². The largest absolute Gasteiger partial charge is 0.460 e. The summed E-state index contributed by atoms with van der Waals surface area (Å²) in [7, 11) is 0. The minimum absolute atomic E-state index is 3.78. The quantitative estimate of drug-likeness (QED) is 0.163. The van der Waals surface area contributed by atoms with E-state index in [-0.39, 0.29) is 0 Å². The van der Waals surface area contributed by atoms with E-state index in [1.165, 1.54) is 0 Å². The number of carbonyl (C=O) groups is 2. The van der Waals surface area contributed by atoms with Crippen molar-refractivity contribution >= 4 is 34.8 Å². The molecule has 0 unspecified atom stereocenters. The predicted octanol–water partition coefficient (Wildman–Crippen LogP) is 9.60. The highest BCUT2D eigenvalue weighted by Gasteiger charge is 2.93. The Morgan fingerprint density at radius 3 is 0.625 bits per heavy atom. The normalized spacial score (nSPS) is 18.3. The third-order valence-corrected chi connectivity index (χ3v) is 6.51. The van der Waals surface area contributed by atoms with Crippen LogP contribution in [0.2, 0.25) is 0 Å². The van der Waals surface area contributed by atoms with Gasteiger partial charge in [-0.2, -0.15) is 114 Å². The van der Waals surface area contributed by atoms with Crippen molar-refractivity contribution in [2.24, 2.45) is 0 Å². The zero-order chi connectivity index (χ0) is 39.5. The summed E-state index contributed by atoms with van der Waals surface area (Å²) in [5, 5.41) is -7.56. The van der Waals surface area contributed by atoms with Gasteiger partial charge in [0.2, 0.25) is 11.6 Å². The monoisotopic (exact) mass is 812 g/mol. The van der Waals surface area contributed by atoms with E-state index in [0.717, 1.165) is 0 Å². The lowest BCUT2D eigenvalue weighted by atomic mass is 9.81. The maximum Gasteiger partial charge on any atom is 0.460 e. The molecule has 0 bridgehead atoms. The first-order chi connectivity index (χ1) is 20.4. The molecular formula is C18Cl2F26O2. The number of alkyl halides is 26. The van der Waals surface area contributed by atoms with E-state index in [0.29, 0.717) is 0 Å². The van der Waals surface area contributed by atoms with Gasteiger partial charge in [0.25, 0.3) is 0 Å². The highest BCUT2D eigenvalue weighted by Crippen LogP contribution is 2.64. The SMILES string of the molecule is O=C1C(Cl)=C(C(F)(F)C(F)(F)C(F)(F)C(F)(F)C(F)(F)C(F)(F)F)C(=O)C(Cl)=C1C(F)(F)C(F)(F)C(F)(F)C(F)(F)C(F)(F)C(F)(F)F. The van der Waals surface area contributed by atoms with Crippen LogP contribution in [-0.2, 0) is 9.59 Å². The summed E-state index contributed by atoms with van der Waals surface area (Å²) in [6, 6.07) is 0. The Bertz CT molecular complexity index is 1300. The van der Waals surface area contributed by atoms with Gasteiger partial charge in [-0.25, -0.2) is 0 Å². The lowest BCUT2D eigenvalue weighted by Crippen LogP contribution is -2.71. The summed E-state index contributed by atoms with van der Waals surface area (Å²) in [6.45, 7) is 0. The van der Waals surface area contributed by atoms with E-state index in [9.17, 15) is 124 Å². The van der Waals surface area contributed by atoms with Crippen LogP contribution >= 0.6 is 23.2 Å². The number of hydrogen-bond acceptors (Lipinski definition) is 2. The number of allylic oxidation sites excluding steroid dienone is 4. The molecule has 1 aliphatic rings.